The average molecular weight is 379 g/mol. The Balaban J connectivity index is 1.40. The zero-order valence-corrected chi connectivity index (χ0v) is 15.9. The second kappa shape index (κ2) is 8.89. The summed E-state index contributed by atoms with van der Waals surface area (Å²) in [6.45, 7) is 0.485. The van der Waals surface area contributed by atoms with Gasteiger partial charge in [0.1, 0.15) is 12.4 Å². The Bertz CT molecular complexity index is 1070. The summed E-state index contributed by atoms with van der Waals surface area (Å²) in [6.07, 6.45) is 0. The molecule has 29 heavy (non-hydrogen) atoms. The molecule has 0 atom stereocenters. The van der Waals surface area contributed by atoms with Crippen LogP contribution in [0.5, 0.6) is 5.75 Å². The van der Waals surface area contributed by atoms with Gasteiger partial charge in [0.2, 0.25) is 0 Å². The highest BCUT2D eigenvalue weighted by molar-refractivity contribution is 6.04. The summed E-state index contributed by atoms with van der Waals surface area (Å²) in [5, 5.41) is 2.94. The van der Waals surface area contributed by atoms with Crippen molar-refractivity contribution in [3.63, 3.8) is 0 Å². The number of hydrogen-bond donors (Lipinski definition) is 1. The molecule has 0 aromatic heterocycles. The molecular formula is C26H21NO2. The van der Waals surface area contributed by atoms with E-state index in [4.69, 9.17) is 4.74 Å². The summed E-state index contributed by atoms with van der Waals surface area (Å²) < 4.78 is 5.83. The zero-order chi connectivity index (χ0) is 19.9. The average Bonchev–Trinajstić information content (AvgIpc) is 2.79. The monoisotopic (exact) mass is 379 g/mol. The molecule has 4 rings (SSSR count). The molecule has 142 valence electrons. The van der Waals surface area contributed by atoms with E-state index in [1.807, 2.05) is 97.1 Å². The van der Waals surface area contributed by atoms with Gasteiger partial charge in [-0.05, 0) is 41.0 Å². The van der Waals surface area contributed by atoms with E-state index in [9.17, 15) is 4.79 Å². The van der Waals surface area contributed by atoms with Gasteiger partial charge in [-0.2, -0.15) is 0 Å². The molecule has 3 nitrogen and oxygen atoms in total. The smallest absolute Gasteiger partial charge is 0.255 e. The number of ether oxygens (including phenoxy) is 1. The molecule has 0 heterocycles. The number of carbonyl (C=O) groups is 1. The molecule has 0 saturated carbocycles. The third kappa shape index (κ3) is 4.90. The highest BCUT2D eigenvalue weighted by Gasteiger charge is 2.07. The maximum atomic E-state index is 12.6. The molecule has 1 amide bonds. The van der Waals surface area contributed by atoms with Crippen LogP contribution in [0.4, 0.5) is 5.69 Å². The first-order chi connectivity index (χ1) is 14.3. The molecule has 0 bridgehead atoms. The van der Waals surface area contributed by atoms with Gasteiger partial charge in [0.25, 0.3) is 5.91 Å². The van der Waals surface area contributed by atoms with Crippen molar-refractivity contribution in [3.05, 3.63) is 120 Å². The maximum Gasteiger partial charge on any atom is 0.255 e. The normalized spacial score (nSPS) is 10.3. The molecule has 1 N–H and O–H groups in total. The van der Waals surface area contributed by atoms with Gasteiger partial charge in [-0.3, -0.25) is 4.79 Å². The minimum Gasteiger partial charge on any atom is -0.489 e. The lowest BCUT2D eigenvalue weighted by atomic mass is 10.0. The fraction of sp³-hybridized carbons (Fsp3) is 0.0385. The van der Waals surface area contributed by atoms with Crippen LogP contribution in [0.1, 0.15) is 15.9 Å². The van der Waals surface area contributed by atoms with Gasteiger partial charge in [-0.25, -0.2) is 0 Å². The van der Waals surface area contributed by atoms with E-state index >= 15 is 0 Å². The van der Waals surface area contributed by atoms with Crippen molar-refractivity contribution in [3.8, 4) is 16.9 Å². The molecule has 0 saturated heterocycles. The molecule has 0 unspecified atom stereocenters. The lowest BCUT2D eigenvalue weighted by molar-refractivity contribution is 0.102. The van der Waals surface area contributed by atoms with Crippen molar-refractivity contribution in [1.82, 2.24) is 0 Å². The van der Waals surface area contributed by atoms with Crippen LogP contribution in [0, 0.1) is 0 Å². The number of benzene rings is 4. The van der Waals surface area contributed by atoms with Crippen LogP contribution < -0.4 is 10.1 Å². The van der Waals surface area contributed by atoms with E-state index in [-0.39, 0.29) is 5.91 Å². The minimum atomic E-state index is -0.148. The molecule has 4 aromatic carbocycles. The molecular weight excluding hydrogens is 358 g/mol. The summed E-state index contributed by atoms with van der Waals surface area (Å²) in [4.78, 5) is 12.6. The summed E-state index contributed by atoms with van der Waals surface area (Å²) in [7, 11) is 0. The van der Waals surface area contributed by atoms with Gasteiger partial charge in [-0.15, -0.1) is 0 Å². The summed E-state index contributed by atoms with van der Waals surface area (Å²) in [6, 6.07) is 35.1. The molecule has 0 aliphatic heterocycles. The summed E-state index contributed by atoms with van der Waals surface area (Å²) >= 11 is 0. The number of hydrogen-bond acceptors (Lipinski definition) is 2. The van der Waals surface area contributed by atoms with Crippen LogP contribution in [0.25, 0.3) is 11.1 Å². The lowest BCUT2D eigenvalue weighted by Gasteiger charge is -2.10. The molecule has 0 radical (unpaired) electrons. The van der Waals surface area contributed by atoms with Crippen LogP contribution >= 0.6 is 0 Å². The Morgan fingerprint density at radius 1 is 0.690 bits per heavy atom. The lowest BCUT2D eigenvalue weighted by Crippen LogP contribution is -2.11. The first-order valence-corrected chi connectivity index (χ1v) is 9.51. The second-order valence-corrected chi connectivity index (χ2v) is 6.70. The van der Waals surface area contributed by atoms with E-state index in [2.05, 4.69) is 17.4 Å². The van der Waals surface area contributed by atoms with E-state index in [1.54, 1.807) is 0 Å². The van der Waals surface area contributed by atoms with Crippen molar-refractivity contribution in [2.24, 2.45) is 0 Å². The quantitative estimate of drug-likeness (QED) is 0.434. The topological polar surface area (TPSA) is 38.3 Å². The fourth-order valence-electron chi connectivity index (χ4n) is 3.05. The van der Waals surface area contributed by atoms with Crippen molar-refractivity contribution in [1.29, 1.82) is 0 Å². The van der Waals surface area contributed by atoms with Gasteiger partial charge in [0.15, 0.2) is 0 Å². The third-order valence-electron chi connectivity index (χ3n) is 4.59. The molecule has 0 aliphatic rings. The van der Waals surface area contributed by atoms with E-state index in [1.165, 1.54) is 0 Å². The van der Waals surface area contributed by atoms with Crippen LogP contribution in [0.2, 0.25) is 0 Å². The van der Waals surface area contributed by atoms with E-state index in [0.29, 0.717) is 23.6 Å². The molecule has 0 aliphatic carbocycles. The van der Waals surface area contributed by atoms with Gasteiger partial charge < -0.3 is 10.1 Å². The van der Waals surface area contributed by atoms with Crippen molar-refractivity contribution in [2.45, 2.75) is 6.61 Å². The van der Waals surface area contributed by atoms with E-state index in [0.717, 1.165) is 16.7 Å². The van der Waals surface area contributed by atoms with Crippen LogP contribution in [-0.2, 0) is 6.61 Å². The summed E-state index contributed by atoms with van der Waals surface area (Å²) in [5.74, 6) is 0.566. The highest BCUT2D eigenvalue weighted by atomic mass is 16.5. The number of nitrogens with one attached hydrogen (secondary N) is 1. The summed E-state index contributed by atoms with van der Waals surface area (Å²) in [5.41, 5.74) is 4.62. The van der Waals surface area contributed by atoms with Gasteiger partial charge in [0.05, 0.1) is 0 Å². The number of amides is 1. The van der Waals surface area contributed by atoms with E-state index < -0.39 is 0 Å². The number of carbonyl (C=O) groups excluding carboxylic acids is 1. The Morgan fingerprint density at radius 2 is 1.34 bits per heavy atom. The molecule has 0 fully saturated rings. The van der Waals surface area contributed by atoms with Crippen molar-refractivity contribution < 1.29 is 9.53 Å². The number of rotatable bonds is 6. The standard InChI is InChI=1S/C26H21NO2/c28-26(23-16-14-22(15-17-23)21-10-5-2-6-11-21)27-24-12-7-13-25(18-24)29-19-20-8-3-1-4-9-20/h1-18H,19H2,(H,27,28). The Kier molecular flexibility index (Phi) is 5.68. The van der Waals surface area contributed by atoms with Crippen molar-refractivity contribution >= 4 is 11.6 Å². The predicted octanol–water partition coefficient (Wildman–Crippen LogP) is 6.18. The zero-order valence-electron chi connectivity index (χ0n) is 15.9. The van der Waals surface area contributed by atoms with Crippen LogP contribution in [0.3, 0.4) is 0 Å². The fourth-order valence-corrected chi connectivity index (χ4v) is 3.05. The molecule has 4 aromatic rings. The SMILES string of the molecule is O=C(Nc1cccc(OCc2ccccc2)c1)c1ccc(-c2ccccc2)cc1. The number of anilines is 1. The molecule has 0 spiro atoms. The highest BCUT2D eigenvalue weighted by Crippen LogP contribution is 2.21. The first kappa shape index (κ1) is 18.5. The second-order valence-electron chi connectivity index (χ2n) is 6.70. The van der Waals surface area contributed by atoms with Crippen molar-refractivity contribution in [2.75, 3.05) is 5.32 Å². The Hall–Kier alpha value is -3.85. The molecule has 3 heteroatoms. The Morgan fingerprint density at radius 3 is 2.07 bits per heavy atom. The van der Waals surface area contributed by atoms with Gasteiger partial charge in [0, 0.05) is 17.3 Å². The maximum absolute atomic E-state index is 12.6. The van der Waals surface area contributed by atoms with Gasteiger partial charge in [-0.1, -0.05) is 78.9 Å². The van der Waals surface area contributed by atoms with Crippen LogP contribution in [0.15, 0.2) is 109 Å². The third-order valence-corrected chi connectivity index (χ3v) is 4.59. The first-order valence-electron chi connectivity index (χ1n) is 9.51. The minimum absolute atomic E-state index is 0.148. The largest absolute Gasteiger partial charge is 0.489 e. The Labute approximate surface area is 170 Å². The van der Waals surface area contributed by atoms with Crippen LogP contribution in [-0.4, -0.2) is 5.91 Å². The predicted molar refractivity (Wildman–Crippen MR) is 117 cm³/mol. The van der Waals surface area contributed by atoms with Gasteiger partial charge >= 0.3 is 0 Å².